The third-order valence-corrected chi connectivity index (χ3v) is 7.70. The highest BCUT2D eigenvalue weighted by Gasteiger charge is 2.60. The lowest BCUT2D eigenvalue weighted by atomic mass is 9.51. The number of ether oxygens (including phenoxy) is 2. The van der Waals surface area contributed by atoms with Crippen LogP contribution in [0.25, 0.3) is 0 Å². The second-order valence-corrected chi connectivity index (χ2v) is 8.53. The van der Waals surface area contributed by atoms with Gasteiger partial charge in [0.2, 0.25) is 0 Å². The van der Waals surface area contributed by atoms with E-state index in [1.165, 1.54) is 32.1 Å². The molecule has 5 fully saturated rings. The predicted octanol–water partition coefficient (Wildman–Crippen LogP) is 2.64. The molecule has 0 amide bonds. The first-order chi connectivity index (χ1) is 11.7. The van der Waals surface area contributed by atoms with Crippen LogP contribution in [0.1, 0.15) is 45.4 Å². The summed E-state index contributed by atoms with van der Waals surface area (Å²) in [6, 6.07) is 0.551. The van der Waals surface area contributed by atoms with E-state index < -0.39 is 0 Å². The number of halogens is 1. The van der Waals surface area contributed by atoms with Gasteiger partial charge >= 0.3 is 0 Å². The van der Waals surface area contributed by atoms with Crippen LogP contribution in [0.4, 0.5) is 0 Å². The molecule has 142 valence electrons. The van der Waals surface area contributed by atoms with E-state index >= 15 is 0 Å². The molecule has 0 aromatic carbocycles. The molecule has 5 nitrogen and oxygen atoms in total. The Bertz CT molecular complexity index is 521. The summed E-state index contributed by atoms with van der Waals surface area (Å²) in [6.45, 7) is 5.21. The average molecular weight is 461 g/mol. The Kier molecular flexibility index (Phi) is 4.99. The van der Waals surface area contributed by atoms with Crippen LogP contribution in [0.2, 0.25) is 0 Å². The number of nitrogens with one attached hydrogen (secondary N) is 1. The van der Waals surface area contributed by atoms with Gasteiger partial charge in [0.1, 0.15) is 0 Å². The molecule has 5 aliphatic rings. The largest absolute Gasteiger partial charge is 0.378 e. The molecular weight excluding hydrogens is 429 g/mol. The van der Waals surface area contributed by atoms with Crippen LogP contribution in [-0.4, -0.2) is 62.0 Å². The van der Waals surface area contributed by atoms with Crippen LogP contribution in [0.5, 0.6) is 0 Å². The predicted molar refractivity (Wildman–Crippen MR) is 108 cm³/mol. The van der Waals surface area contributed by atoms with E-state index in [1.54, 1.807) is 0 Å². The number of guanidine groups is 1. The molecule has 3 heterocycles. The molecule has 1 N–H and O–H groups in total. The van der Waals surface area contributed by atoms with E-state index in [1.807, 2.05) is 7.05 Å². The third kappa shape index (κ3) is 2.64. The number of nitrogens with zero attached hydrogens (tertiary/aromatic N) is 2. The van der Waals surface area contributed by atoms with Crippen LogP contribution in [0, 0.1) is 17.3 Å². The smallest absolute Gasteiger partial charge is 0.193 e. The van der Waals surface area contributed by atoms with Gasteiger partial charge in [0.25, 0.3) is 0 Å². The molecule has 2 aliphatic carbocycles. The van der Waals surface area contributed by atoms with E-state index in [4.69, 9.17) is 9.47 Å². The van der Waals surface area contributed by atoms with Crippen LogP contribution in [-0.2, 0) is 9.47 Å². The molecule has 0 aromatic rings. The highest BCUT2D eigenvalue weighted by atomic mass is 127. The van der Waals surface area contributed by atoms with Gasteiger partial charge in [-0.2, -0.15) is 0 Å². The van der Waals surface area contributed by atoms with Gasteiger partial charge in [-0.25, -0.2) is 0 Å². The normalized spacial score (nSPS) is 43.4. The fraction of sp³-hybridized carbons (Fsp3) is 0.947. The average Bonchev–Trinajstić information content (AvgIpc) is 3.20. The van der Waals surface area contributed by atoms with E-state index in [0.29, 0.717) is 29.8 Å². The fourth-order valence-corrected chi connectivity index (χ4v) is 6.23. The standard InChI is InChI=1S/C19H31N3O2.HI/c1-3-23-17-9-16(19(17)7-4-8-19)21-18(20-2)22-10-12-13(11-22)15-6-5-14(12)24-15;/h12-17H,3-11H2,1-2H3,(H,20,21);1H. The quantitative estimate of drug-likeness (QED) is 0.399. The minimum atomic E-state index is 0. The SMILES string of the molecule is CCOC1CC(NC(=NC)N2CC3C4CCC(O4)C3C2)C12CCC2.I. The first kappa shape index (κ1) is 18.3. The summed E-state index contributed by atoms with van der Waals surface area (Å²) in [5.41, 5.74) is 0.393. The van der Waals surface area contributed by atoms with E-state index in [0.717, 1.165) is 43.9 Å². The van der Waals surface area contributed by atoms with Crippen molar-refractivity contribution in [3.63, 3.8) is 0 Å². The molecule has 0 aromatic heterocycles. The van der Waals surface area contributed by atoms with Crippen molar-refractivity contribution in [1.82, 2.24) is 10.2 Å². The van der Waals surface area contributed by atoms with Crippen molar-refractivity contribution < 1.29 is 9.47 Å². The number of hydrogen-bond donors (Lipinski definition) is 1. The molecule has 0 radical (unpaired) electrons. The molecule has 6 atom stereocenters. The zero-order valence-corrected chi connectivity index (χ0v) is 17.8. The maximum absolute atomic E-state index is 6.11. The molecule has 6 unspecified atom stereocenters. The maximum atomic E-state index is 6.11. The number of aliphatic imine (C=N–C) groups is 1. The molecule has 3 saturated heterocycles. The second kappa shape index (κ2) is 6.82. The van der Waals surface area contributed by atoms with E-state index in [-0.39, 0.29) is 24.0 Å². The van der Waals surface area contributed by atoms with E-state index in [9.17, 15) is 0 Å². The van der Waals surface area contributed by atoms with Crippen LogP contribution in [0.15, 0.2) is 4.99 Å². The lowest BCUT2D eigenvalue weighted by molar-refractivity contribution is -0.168. The van der Waals surface area contributed by atoms with Crippen LogP contribution in [0.3, 0.4) is 0 Å². The molecule has 6 heteroatoms. The zero-order chi connectivity index (χ0) is 16.3. The summed E-state index contributed by atoms with van der Waals surface area (Å²) >= 11 is 0. The summed E-state index contributed by atoms with van der Waals surface area (Å²) in [7, 11) is 1.94. The Labute approximate surface area is 168 Å². The number of fused-ring (bicyclic) bond motifs is 5. The molecule has 3 aliphatic heterocycles. The van der Waals surface area contributed by atoms with Crippen LogP contribution < -0.4 is 5.32 Å². The third-order valence-electron chi connectivity index (χ3n) is 7.70. The Morgan fingerprint density at radius 2 is 1.92 bits per heavy atom. The first-order valence-corrected chi connectivity index (χ1v) is 10.0. The van der Waals surface area contributed by atoms with Gasteiger partial charge < -0.3 is 19.7 Å². The van der Waals surface area contributed by atoms with Gasteiger partial charge in [-0.05, 0) is 39.0 Å². The number of rotatable bonds is 3. The van der Waals surface area contributed by atoms with Gasteiger partial charge in [0, 0.05) is 50.0 Å². The molecule has 2 bridgehead atoms. The summed E-state index contributed by atoms with van der Waals surface area (Å²) in [5.74, 6) is 2.59. The van der Waals surface area contributed by atoms with Crippen molar-refractivity contribution in [2.45, 2.75) is 69.8 Å². The monoisotopic (exact) mass is 461 g/mol. The van der Waals surface area contributed by atoms with Gasteiger partial charge in [-0.3, -0.25) is 4.99 Å². The lowest BCUT2D eigenvalue weighted by Gasteiger charge is -2.61. The number of likely N-dealkylation sites (tertiary alicyclic amines) is 1. The van der Waals surface area contributed by atoms with Gasteiger partial charge in [-0.1, -0.05) is 6.42 Å². The molecule has 25 heavy (non-hydrogen) atoms. The highest BCUT2D eigenvalue weighted by molar-refractivity contribution is 14.0. The molecule has 1 spiro atoms. The Morgan fingerprint density at radius 1 is 1.24 bits per heavy atom. The number of hydrogen-bond acceptors (Lipinski definition) is 3. The van der Waals surface area contributed by atoms with Crippen molar-refractivity contribution in [2.24, 2.45) is 22.2 Å². The Morgan fingerprint density at radius 3 is 2.44 bits per heavy atom. The van der Waals surface area contributed by atoms with Crippen molar-refractivity contribution in [2.75, 3.05) is 26.7 Å². The summed E-state index contributed by atoms with van der Waals surface area (Å²) in [4.78, 5) is 7.14. The Balaban J connectivity index is 0.00000157. The lowest BCUT2D eigenvalue weighted by Crippen LogP contribution is -2.68. The highest BCUT2D eigenvalue weighted by Crippen LogP contribution is 2.57. The summed E-state index contributed by atoms with van der Waals surface area (Å²) < 4.78 is 12.1. The molecule has 2 saturated carbocycles. The zero-order valence-electron chi connectivity index (χ0n) is 15.4. The van der Waals surface area contributed by atoms with Gasteiger partial charge in [-0.15, -0.1) is 24.0 Å². The van der Waals surface area contributed by atoms with Crippen molar-refractivity contribution in [3.05, 3.63) is 0 Å². The maximum Gasteiger partial charge on any atom is 0.193 e. The molecule has 5 rings (SSSR count). The summed E-state index contributed by atoms with van der Waals surface area (Å²) in [6.07, 6.45) is 9.18. The van der Waals surface area contributed by atoms with Crippen LogP contribution >= 0.6 is 24.0 Å². The molecular formula is C19H32IN3O2. The second-order valence-electron chi connectivity index (χ2n) is 8.53. The minimum Gasteiger partial charge on any atom is -0.378 e. The van der Waals surface area contributed by atoms with Gasteiger partial charge in [0.15, 0.2) is 5.96 Å². The van der Waals surface area contributed by atoms with Crippen molar-refractivity contribution in [3.8, 4) is 0 Å². The van der Waals surface area contributed by atoms with Crippen molar-refractivity contribution in [1.29, 1.82) is 0 Å². The van der Waals surface area contributed by atoms with Gasteiger partial charge in [0.05, 0.1) is 18.3 Å². The first-order valence-electron chi connectivity index (χ1n) is 10.0. The van der Waals surface area contributed by atoms with E-state index in [2.05, 4.69) is 22.1 Å². The Hall–Kier alpha value is -0.0800. The van der Waals surface area contributed by atoms with Crippen molar-refractivity contribution >= 4 is 29.9 Å². The topological polar surface area (TPSA) is 46.1 Å². The minimum absolute atomic E-state index is 0. The summed E-state index contributed by atoms with van der Waals surface area (Å²) in [5, 5.41) is 3.82. The fourth-order valence-electron chi connectivity index (χ4n) is 6.23.